The van der Waals surface area contributed by atoms with Gasteiger partial charge in [-0.15, -0.1) is 0 Å². The number of benzene rings is 1. The Balaban J connectivity index is 1.48. The number of carbonyl (C=O) groups excluding carboxylic acids is 1. The van der Waals surface area contributed by atoms with E-state index in [2.05, 4.69) is 70.4 Å². The molecule has 1 aromatic carbocycles. The predicted octanol–water partition coefficient (Wildman–Crippen LogP) is 6.07. The van der Waals surface area contributed by atoms with Crippen molar-refractivity contribution in [3.05, 3.63) is 59.5 Å². The number of aromatic amines is 1. The van der Waals surface area contributed by atoms with Gasteiger partial charge >= 0.3 is 0 Å². The van der Waals surface area contributed by atoms with Crippen molar-refractivity contribution in [3.8, 4) is 11.3 Å². The van der Waals surface area contributed by atoms with E-state index in [4.69, 9.17) is 0 Å². The molecule has 0 aliphatic carbocycles. The first-order valence-electron chi connectivity index (χ1n) is 12.3. The van der Waals surface area contributed by atoms with Gasteiger partial charge in [0.05, 0.1) is 12.2 Å². The highest BCUT2D eigenvalue weighted by atomic mass is 16.1. The molecule has 0 atom stereocenters. The summed E-state index contributed by atoms with van der Waals surface area (Å²) < 4.78 is 2.12. The van der Waals surface area contributed by atoms with E-state index in [9.17, 15) is 4.79 Å². The van der Waals surface area contributed by atoms with E-state index >= 15 is 0 Å². The molecule has 0 saturated carbocycles. The van der Waals surface area contributed by atoms with Gasteiger partial charge in [0.1, 0.15) is 11.4 Å². The number of hydrogen-bond donors (Lipinski definition) is 1. The van der Waals surface area contributed by atoms with Crippen molar-refractivity contribution < 1.29 is 4.79 Å². The van der Waals surface area contributed by atoms with Gasteiger partial charge in [-0.25, -0.2) is 4.98 Å². The number of rotatable bonds is 6. The summed E-state index contributed by atoms with van der Waals surface area (Å²) in [7, 11) is 0. The topological polar surface area (TPSA) is 53.4 Å². The van der Waals surface area contributed by atoms with Crippen LogP contribution in [0.4, 0.5) is 0 Å². The number of H-pyrrole nitrogens is 1. The van der Waals surface area contributed by atoms with Crippen LogP contribution in [-0.2, 0) is 4.79 Å². The zero-order valence-corrected chi connectivity index (χ0v) is 20.2. The summed E-state index contributed by atoms with van der Waals surface area (Å²) in [5, 5.41) is 1.34. The molecule has 0 radical (unpaired) electrons. The summed E-state index contributed by atoms with van der Waals surface area (Å²) in [4.78, 5) is 22.4. The third-order valence-corrected chi connectivity index (χ3v) is 7.28. The number of piperidine rings is 1. The normalized spacial score (nSPS) is 15.8. The van der Waals surface area contributed by atoms with Crippen molar-refractivity contribution in [1.82, 2.24) is 19.3 Å². The Morgan fingerprint density at radius 3 is 2.70 bits per heavy atom. The number of likely N-dealkylation sites (tertiary alicyclic amines) is 1. The second kappa shape index (κ2) is 8.79. The quantitative estimate of drug-likeness (QED) is 0.394. The molecular formula is C28H34N4O. The maximum atomic E-state index is 11.8. The van der Waals surface area contributed by atoms with Crippen LogP contribution in [0.25, 0.3) is 27.8 Å². The fraction of sp³-hybridized carbons (Fsp3) is 0.429. The van der Waals surface area contributed by atoms with Crippen LogP contribution in [0.5, 0.6) is 0 Å². The van der Waals surface area contributed by atoms with Gasteiger partial charge in [-0.1, -0.05) is 26.8 Å². The van der Waals surface area contributed by atoms with Gasteiger partial charge in [-0.2, -0.15) is 0 Å². The molecule has 33 heavy (non-hydrogen) atoms. The lowest BCUT2D eigenvalue weighted by atomic mass is 9.87. The fourth-order valence-corrected chi connectivity index (χ4v) is 5.44. The number of nitrogens with one attached hydrogen (secondary N) is 1. The molecule has 0 bridgehead atoms. The number of aryl methyl sites for hydroxylation is 1. The zero-order valence-electron chi connectivity index (χ0n) is 20.2. The van der Waals surface area contributed by atoms with Gasteiger partial charge in [0, 0.05) is 41.0 Å². The van der Waals surface area contributed by atoms with Crippen molar-refractivity contribution in [3.63, 3.8) is 0 Å². The van der Waals surface area contributed by atoms with E-state index in [0.29, 0.717) is 30.6 Å². The molecule has 172 valence electrons. The maximum Gasteiger partial charge on any atom is 0.146 e. The number of Topliss-reactive ketones (excluding diaryl/α,β-unsaturated/α-hetero) is 1. The first kappa shape index (κ1) is 21.9. The maximum absolute atomic E-state index is 11.8. The Morgan fingerprint density at radius 2 is 1.97 bits per heavy atom. The fourth-order valence-electron chi connectivity index (χ4n) is 5.44. The van der Waals surface area contributed by atoms with Crippen molar-refractivity contribution >= 4 is 22.3 Å². The van der Waals surface area contributed by atoms with Crippen molar-refractivity contribution in [1.29, 1.82) is 0 Å². The molecular weight excluding hydrogens is 408 g/mol. The molecule has 5 rings (SSSR count). The lowest BCUT2D eigenvalue weighted by molar-refractivity contribution is -0.120. The summed E-state index contributed by atoms with van der Waals surface area (Å²) >= 11 is 0. The van der Waals surface area contributed by atoms with Crippen LogP contribution in [0.2, 0.25) is 0 Å². The van der Waals surface area contributed by atoms with Crippen LogP contribution in [0.3, 0.4) is 0 Å². The van der Waals surface area contributed by atoms with Gasteiger partial charge in [0.25, 0.3) is 0 Å². The van der Waals surface area contributed by atoms with E-state index in [1.165, 1.54) is 39.0 Å². The van der Waals surface area contributed by atoms with Gasteiger partial charge in [-0.3, -0.25) is 9.69 Å². The SMILES string of the molecule is CCC(=O)CN1CCC(c2ccc3[nH]c(-c4cc(C)n5ccnc5c4)c(C(C)C)c3c2)CC1. The number of nitrogens with zero attached hydrogens (tertiary/aromatic N) is 3. The summed E-state index contributed by atoms with van der Waals surface area (Å²) in [6.45, 7) is 11.3. The molecule has 1 fully saturated rings. The number of imidazole rings is 1. The van der Waals surface area contributed by atoms with Crippen LogP contribution in [-0.4, -0.2) is 44.7 Å². The van der Waals surface area contributed by atoms with Gasteiger partial charge in [0.2, 0.25) is 0 Å². The number of ketones is 1. The van der Waals surface area contributed by atoms with Crippen LogP contribution in [0.15, 0.2) is 42.7 Å². The first-order valence-corrected chi connectivity index (χ1v) is 12.3. The van der Waals surface area contributed by atoms with Crippen molar-refractivity contribution in [2.45, 2.75) is 58.8 Å². The Labute approximate surface area is 195 Å². The minimum atomic E-state index is 0.347. The average molecular weight is 443 g/mol. The van der Waals surface area contributed by atoms with Crippen molar-refractivity contribution in [2.75, 3.05) is 19.6 Å². The van der Waals surface area contributed by atoms with Crippen LogP contribution >= 0.6 is 0 Å². The molecule has 0 spiro atoms. The van der Waals surface area contributed by atoms with Gasteiger partial charge in [0.15, 0.2) is 0 Å². The highest BCUT2D eigenvalue weighted by Crippen LogP contribution is 2.38. The third-order valence-electron chi connectivity index (χ3n) is 7.28. The number of pyridine rings is 1. The summed E-state index contributed by atoms with van der Waals surface area (Å²) in [6, 6.07) is 11.4. The predicted molar refractivity (Wildman–Crippen MR) is 135 cm³/mol. The molecule has 1 N–H and O–H groups in total. The molecule has 5 nitrogen and oxygen atoms in total. The van der Waals surface area contributed by atoms with E-state index in [1.54, 1.807) is 0 Å². The minimum Gasteiger partial charge on any atom is -0.354 e. The third kappa shape index (κ3) is 4.10. The summed E-state index contributed by atoms with van der Waals surface area (Å²) in [6.07, 6.45) is 6.74. The second-order valence-electron chi connectivity index (χ2n) is 9.86. The molecule has 0 amide bonds. The summed E-state index contributed by atoms with van der Waals surface area (Å²) in [5.74, 6) is 1.31. The smallest absolute Gasteiger partial charge is 0.146 e. The largest absolute Gasteiger partial charge is 0.354 e. The zero-order chi connectivity index (χ0) is 23.1. The van der Waals surface area contributed by atoms with E-state index in [0.717, 1.165) is 31.6 Å². The van der Waals surface area contributed by atoms with E-state index in [1.807, 2.05) is 19.3 Å². The number of hydrogen-bond acceptors (Lipinski definition) is 3. The molecule has 4 aromatic rings. The first-order chi connectivity index (χ1) is 15.9. The highest BCUT2D eigenvalue weighted by molar-refractivity contribution is 5.92. The minimum absolute atomic E-state index is 0.347. The molecule has 0 unspecified atom stereocenters. The monoisotopic (exact) mass is 442 g/mol. The Morgan fingerprint density at radius 1 is 1.18 bits per heavy atom. The lowest BCUT2D eigenvalue weighted by Crippen LogP contribution is -2.36. The molecule has 1 aliphatic heterocycles. The Bertz CT molecular complexity index is 1300. The number of carbonyl (C=O) groups is 1. The van der Waals surface area contributed by atoms with Crippen LogP contribution < -0.4 is 0 Å². The lowest BCUT2D eigenvalue weighted by Gasteiger charge is -2.31. The molecule has 3 aromatic heterocycles. The molecule has 1 aliphatic rings. The average Bonchev–Trinajstić information content (AvgIpc) is 3.44. The number of fused-ring (bicyclic) bond motifs is 2. The second-order valence-corrected chi connectivity index (χ2v) is 9.86. The summed E-state index contributed by atoms with van der Waals surface area (Å²) in [5.41, 5.74) is 8.57. The van der Waals surface area contributed by atoms with Crippen LogP contribution in [0.1, 0.15) is 68.7 Å². The number of aromatic nitrogens is 3. The van der Waals surface area contributed by atoms with E-state index < -0.39 is 0 Å². The van der Waals surface area contributed by atoms with Crippen LogP contribution in [0, 0.1) is 6.92 Å². The van der Waals surface area contributed by atoms with Gasteiger partial charge in [-0.05, 0) is 80.1 Å². The van der Waals surface area contributed by atoms with Gasteiger partial charge < -0.3 is 9.38 Å². The standard InChI is InChI=1S/C28H34N4O/c1-5-23(33)17-31-11-8-20(9-12-31)21-6-7-25-24(15-21)27(18(2)3)28(30-25)22-14-19(4)32-13-10-29-26(32)16-22/h6-7,10,13-16,18,20,30H,5,8-9,11-12,17H2,1-4H3. The molecule has 1 saturated heterocycles. The molecule has 5 heteroatoms. The molecule has 4 heterocycles. The highest BCUT2D eigenvalue weighted by Gasteiger charge is 2.23. The van der Waals surface area contributed by atoms with E-state index in [-0.39, 0.29) is 0 Å². The Kier molecular flexibility index (Phi) is 5.83. The van der Waals surface area contributed by atoms with Crippen molar-refractivity contribution in [2.24, 2.45) is 0 Å². The Hall–Kier alpha value is -2.92.